The maximum Gasteiger partial charge on any atom is 0.309 e. The monoisotopic (exact) mass is 263 g/mol. The average molecular weight is 263 g/mol. The molecule has 0 radical (unpaired) electrons. The molecule has 0 spiro atoms. The Balaban J connectivity index is 2.60. The minimum absolute atomic E-state index is 0.0426. The van der Waals surface area contributed by atoms with E-state index in [0.29, 0.717) is 5.69 Å². The van der Waals surface area contributed by atoms with Crippen LogP contribution in [-0.4, -0.2) is 17.0 Å². The Labute approximate surface area is 113 Å². The highest BCUT2D eigenvalue weighted by molar-refractivity contribution is 5.94. The van der Waals surface area contributed by atoms with Gasteiger partial charge in [-0.3, -0.25) is 9.59 Å². The van der Waals surface area contributed by atoms with Crippen LogP contribution >= 0.6 is 0 Å². The van der Waals surface area contributed by atoms with Crippen LogP contribution in [0.1, 0.15) is 39.2 Å². The van der Waals surface area contributed by atoms with E-state index in [9.17, 15) is 9.59 Å². The summed E-state index contributed by atoms with van der Waals surface area (Å²) in [6, 6.07) is 7.64. The Hall–Kier alpha value is -1.84. The lowest BCUT2D eigenvalue weighted by molar-refractivity contribution is -0.148. The number of anilines is 1. The molecule has 4 heteroatoms. The Kier molecular flexibility index (Phi) is 5.10. The predicted octanol–water partition coefficient (Wildman–Crippen LogP) is 3.08. The first-order chi connectivity index (χ1) is 8.85. The first-order valence-corrected chi connectivity index (χ1v) is 6.47. The van der Waals surface area contributed by atoms with Crippen molar-refractivity contribution in [2.75, 3.05) is 5.32 Å². The summed E-state index contributed by atoms with van der Waals surface area (Å²) < 4.78 is 0. The van der Waals surface area contributed by atoms with Crippen molar-refractivity contribution in [1.29, 1.82) is 0 Å². The highest BCUT2D eigenvalue weighted by Crippen LogP contribution is 2.21. The van der Waals surface area contributed by atoms with Gasteiger partial charge in [0.15, 0.2) is 0 Å². The summed E-state index contributed by atoms with van der Waals surface area (Å²) in [5.74, 6) is -1.25. The third-order valence-corrected chi connectivity index (χ3v) is 2.96. The zero-order valence-corrected chi connectivity index (χ0v) is 11.7. The molecule has 1 aromatic carbocycles. The number of carbonyl (C=O) groups is 2. The summed E-state index contributed by atoms with van der Waals surface area (Å²) in [5.41, 5.74) is 0.879. The Morgan fingerprint density at radius 1 is 1.21 bits per heavy atom. The molecule has 0 saturated heterocycles. The molecule has 0 heterocycles. The van der Waals surface area contributed by atoms with Crippen molar-refractivity contribution in [2.45, 2.75) is 40.0 Å². The van der Waals surface area contributed by atoms with Crippen LogP contribution in [0.2, 0.25) is 0 Å². The number of aryl methyl sites for hydroxylation is 1. The molecular weight excluding hydrogens is 242 g/mol. The van der Waals surface area contributed by atoms with E-state index in [-0.39, 0.29) is 12.3 Å². The van der Waals surface area contributed by atoms with Gasteiger partial charge in [0.2, 0.25) is 5.91 Å². The quantitative estimate of drug-likeness (QED) is 0.828. The van der Waals surface area contributed by atoms with Crippen LogP contribution in [0.3, 0.4) is 0 Å². The van der Waals surface area contributed by atoms with Gasteiger partial charge < -0.3 is 10.4 Å². The topological polar surface area (TPSA) is 66.4 Å². The molecule has 0 aliphatic heterocycles. The second-order valence-electron chi connectivity index (χ2n) is 5.36. The zero-order chi connectivity index (χ0) is 14.5. The van der Waals surface area contributed by atoms with Gasteiger partial charge >= 0.3 is 5.97 Å². The third kappa shape index (κ3) is 4.73. The molecule has 1 amide bonds. The van der Waals surface area contributed by atoms with Crippen LogP contribution in [0.5, 0.6) is 0 Å². The van der Waals surface area contributed by atoms with Crippen molar-refractivity contribution in [2.24, 2.45) is 5.41 Å². The standard InChI is InChI=1S/C15H21NO3/c1-4-5-11-6-8-12(9-7-11)16-13(17)10-15(2,3)14(18)19/h6-9H,4-5,10H2,1-3H3,(H,16,17)(H,18,19). The summed E-state index contributed by atoms with van der Waals surface area (Å²) in [6.07, 6.45) is 2.05. The fourth-order valence-corrected chi connectivity index (χ4v) is 1.73. The van der Waals surface area contributed by atoms with Gasteiger partial charge in [0, 0.05) is 12.1 Å². The molecule has 1 aromatic rings. The summed E-state index contributed by atoms with van der Waals surface area (Å²) >= 11 is 0. The number of carbonyl (C=O) groups excluding carboxylic acids is 1. The maximum absolute atomic E-state index is 11.8. The summed E-state index contributed by atoms with van der Waals surface area (Å²) in [6.45, 7) is 5.20. The van der Waals surface area contributed by atoms with Gasteiger partial charge in [0.1, 0.15) is 0 Å². The molecule has 0 aromatic heterocycles. The van der Waals surface area contributed by atoms with E-state index in [1.807, 2.05) is 24.3 Å². The number of hydrogen-bond acceptors (Lipinski definition) is 2. The van der Waals surface area contributed by atoms with E-state index in [0.717, 1.165) is 12.8 Å². The molecule has 0 aliphatic rings. The molecule has 0 unspecified atom stereocenters. The first kappa shape index (κ1) is 15.2. The summed E-state index contributed by atoms with van der Waals surface area (Å²) in [7, 11) is 0. The number of carboxylic acid groups (broad SMARTS) is 1. The number of hydrogen-bond donors (Lipinski definition) is 2. The lowest BCUT2D eigenvalue weighted by Gasteiger charge is -2.18. The van der Waals surface area contributed by atoms with Crippen molar-refractivity contribution in [3.63, 3.8) is 0 Å². The van der Waals surface area contributed by atoms with Gasteiger partial charge in [-0.1, -0.05) is 25.5 Å². The smallest absolute Gasteiger partial charge is 0.309 e. The van der Waals surface area contributed by atoms with E-state index in [4.69, 9.17) is 5.11 Å². The molecule has 2 N–H and O–H groups in total. The number of aliphatic carboxylic acids is 1. The molecule has 4 nitrogen and oxygen atoms in total. The van der Waals surface area contributed by atoms with E-state index >= 15 is 0 Å². The van der Waals surface area contributed by atoms with Crippen LogP contribution in [0.25, 0.3) is 0 Å². The molecule has 0 bridgehead atoms. The van der Waals surface area contributed by atoms with Gasteiger partial charge in [-0.2, -0.15) is 0 Å². The summed E-state index contributed by atoms with van der Waals surface area (Å²) in [5, 5.41) is 11.7. The number of rotatable bonds is 6. The highest BCUT2D eigenvalue weighted by Gasteiger charge is 2.30. The van der Waals surface area contributed by atoms with Gasteiger partial charge in [0.05, 0.1) is 5.41 Å². The number of carboxylic acids is 1. The summed E-state index contributed by atoms with van der Waals surface area (Å²) in [4.78, 5) is 22.7. The van der Waals surface area contributed by atoms with Gasteiger partial charge in [-0.05, 0) is 38.0 Å². The SMILES string of the molecule is CCCc1ccc(NC(=O)CC(C)(C)C(=O)O)cc1. The van der Waals surface area contributed by atoms with Crippen LogP contribution in [0.4, 0.5) is 5.69 Å². The molecule has 0 saturated carbocycles. The second-order valence-corrected chi connectivity index (χ2v) is 5.36. The van der Waals surface area contributed by atoms with Gasteiger partial charge in [-0.25, -0.2) is 0 Å². The lowest BCUT2D eigenvalue weighted by Crippen LogP contribution is -2.29. The van der Waals surface area contributed by atoms with Gasteiger partial charge in [0.25, 0.3) is 0 Å². The van der Waals surface area contributed by atoms with Crippen LogP contribution in [0.15, 0.2) is 24.3 Å². The van der Waals surface area contributed by atoms with Gasteiger partial charge in [-0.15, -0.1) is 0 Å². The molecule has 1 rings (SSSR count). The average Bonchev–Trinajstić information content (AvgIpc) is 2.31. The van der Waals surface area contributed by atoms with Crippen molar-refractivity contribution in [1.82, 2.24) is 0 Å². The number of amides is 1. The molecule has 0 fully saturated rings. The lowest BCUT2D eigenvalue weighted by atomic mass is 9.89. The predicted molar refractivity (Wildman–Crippen MR) is 75.1 cm³/mol. The number of benzene rings is 1. The molecule has 104 valence electrons. The maximum atomic E-state index is 11.8. The van der Waals surface area contributed by atoms with Crippen LogP contribution in [0, 0.1) is 5.41 Å². The Morgan fingerprint density at radius 3 is 2.26 bits per heavy atom. The molecule has 19 heavy (non-hydrogen) atoms. The Bertz CT molecular complexity index is 449. The largest absolute Gasteiger partial charge is 0.481 e. The van der Waals surface area contributed by atoms with Crippen molar-refractivity contribution >= 4 is 17.6 Å². The molecule has 0 aliphatic carbocycles. The number of nitrogens with one attached hydrogen (secondary N) is 1. The fraction of sp³-hybridized carbons (Fsp3) is 0.467. The van der Waals surface area contributed by atoms with E-state index < -0.39 is 11.4 Å². The second kappa shape index (κ2) is 6.36. The van der Waals surface area contributed by atoms with E-state index in [1.54, 1.807) is 13.8 Å². The van der Waals surface area contributed by atoms with Crippen molar-refractivity contribution in [3.8, 4) is 0 Å². The minimum Gasteiger partial charge on any atom is -0.481 e. The fourth-order valence-electron chi connectivity index (χ4n) is 1.73. The van der Waals surface area contributed by atoms with E-state index in [2.05, 4.69) is 12.2 Å². The molecular formula is C15H21NO3. The minimum atomic E-state index is -1.05. The van der Waals surface area contributed by atoms with Crippen LogP contribution in [-0.2, 0) is 16.0 Å². The van der Waals surface area contributed by atoms with E-state index in [1.165, 1.54) is 5.56 Å². The van der Waals surface area contributed by atoms with Crippen LogP contribution < -0.4 is 5.32 Å². The van der Waals surface area contributed by atoms with Crippen molar-refractivity contribution in [3.05, 3.63) is 29.8 Å². The normalized spacial score (nSPS) is 11.1. The zero-order valence-electron chi connectivity index (χ0n) is 11.7. The Morgan fingerprint density at radius 2 is 1.79 bits per heavy atom. The highest BCUT2D eigenvalue weighted by atomic mass is 16.4. The van der Waals surface area contributed by atoms with Crippen molar-refractivity contribution < 1.29 is 14.7 Å². The third-order valence-electron chi connectivity index (χ3n) is 2.96. The first-order valence-electron chi connectivity index (χ1n) is 6.47. The molecule has 0 atom stereocenters.